The van der Waals surface area contributed by atoms with Crippen LogP contribution >= 0.6 is 0 Å². The van der Waals surface area contributed by atoms with Gasteiger partial charge in [-0.2, -0.15) is 13.2 Å². The largest absolute Gasteiger partial charge is 0.416 e. The van der Waals surface area contributed by atoms with Crippen molar-refractivity contribution in [2.75, 3.05) is 5.32 Å². The van der Waals surface area contributed by atoms with E-state index in [2.05, 4.69) is 15.3 Å². The van der Waals surface area contributed by atoms with Gasteiger partial charge in [0.05, 0.1) is 11.3 Å². The standard InChI is InChI=1S/C19H16F3N5O/c20-19(21,22)13-4-3-5-14(12-13)25-11-8-16(28)18(24)15(7-9-23)27-17-6-1-2-10-26-17/h1-12,24-25H,23H2/b9-7?,11-8-,24-18?,27-15?. The van der Waals surface area contributed by atoms with Gasteiger partial charge in [0.1, 0.15) is 5.71 Å². The van der Waals surface area contributed by atoms with Gasteiger partial charge in [-0.15, -0.1) is 0 Å². The second-order valence-electron chi connectivity index (χ2n) is 5.34. The SMILES string of the molecule is N=C(C(=O)/C=C\Nc1cccc(C(F)(F)F)c1)C(C=CN)=Nc1ccccn1. The summed E-state index contributed by atoms with van der Waals surface area (Å²) in [7, 11) is 0. The van der Waals surface area contributed by atoms with Crippen LogP contribution in [0.2, 0.25) is 0 Å². The lowest BCUT2D eigenvalue weighted by Crippen LogP contribution is -2.20. The highest BCUT2D eigenvalue weighted by molar-refractivity contribution is 6.70. The normalized spacial score (nSPS) is 12.5. The number of benzene rings is 1. The number of nitrogens with one attached hydrogen (secondary N) is 2. The first kappa shape index (κ1) is 20.6. The summed E-state index contributed by atoms with van der Waals surface area (Å²) in [5.41, 5.74) is 4.21. The number of halogens is 3. The highest BCUT2D eigenvalue weighted by Gasteiger charge is 2.30. The molecule has 0 saturated heterocycles. The van der Waals surface area contributed by atoms with Crippen molar-refractivity contribution >= 4 is 28.7 Å². The maximum absolute atomic E-state index is 12.7. The third-order valence-corrected chi connectivity index (χ3v) is 3.32. The quantitative estimate of drug-likeness (QED) is 0.496. The zero-order valence-electron chi connectivity index (χ0n) is 14.4. The van der Waals surface area contributed by atoms with Gasteiger partial charge in [-0.05, 0) is 42.6 Å². The number of nitrogens with two attached hydrogens (primary N) is 1. The van der Waals surface area contributed by atoms with Gasteiger partial charge in [0.2, 0.25) is 5.78 Å². The van der Waals surface area contributed by atoms with E-state index in [1.54, 1.807) is 18.2 Å². The van der Waals surface area contributed by atoms with Crippen LogP contribution in [0.1, 0.15) is 5.56 Å². The van der Waals surface area contributed by atoms with Gasteiger partial charge in [0.15, 0.2) is 5.82 Å². The van der Waals surface area contributed by atoms with Crippen molar-refractivity contribution < 1.29 is 18.0 Å². The van der Waals surface area contributed by atoms with Gasteiger partial charge in [-0.1, -0.05) is 12.1 Å². The number of rotatable bonds is 7. The average Bonchev–Trinajstić information content (AvgIpc) is 2.67. The summed E-state index contributed by atoms with van der Waals surface area (Å²) in [6.07, 6.45) is 1.62. The summed E-state index contributed by atoms with van der Waals surface area (Å²) < 4.78 is 38.1. The number of alkyl halides is 3. The number of aliphatic imine (C=N–C) groups is 1. The number of aromatic nitrogens is 1. The van der Waals surface area contributed by atoms with Crippen molar-refractivity contribution in [1.82, 2.24) is 4.98 Å². The highest BCUT2D eigenvalue weighted by Crippen LogP contribution is 2.30. The van der Waals surface area contributed by atoms with Gasteiger partial charge in [-0.25, -0.2) is 9.98 Å². The molecular weight excluding hydrogens is 371 g/mol. The summed E-state index contributed by atoms with van der Waals surface area (Å²) in [4.78, 5) is 20.2. The van der Waals surface area contributed by atoms with Crippen molar-refractivity contribution in [3.8, 4) is 0 Å². The van der Waals surface area contributed by atoms with Crippen LogP contribution in [0.25, 0.3) is 0 Å². The molecule has 0 aliphatic carbocycles. The van der Waals surface area contributed by atoms with Gasteiger partial charge < -0.3 is 11.1 Å². The lowest BCUT2D eigenvalue weighted by Gasteiger charge is -2.08. The molecule has 1 aromatic heterocycles. The van der Waals surface area contributed by atoms with E-state index in [9.17, 15) is 18.0 Å². The lowest BCUT2D eigenvalue weighted by molar-refractivity contribution is -0.137. The molecule has 0 radical (unpaired) electrons. The van der Waals surface area contributed by atoms with Crippen molar-refractivity contribution in [2.45, 2.75) is 6.18 Å². The number of hydrogen-bond donors (Lipinski definition) is 3. The molecule has 0 aliphatic rings. The maximum atomic E-state index is 12.7. The van der Waals surface area contributed by atoms with Gasteiger partial charge in [0, 0.05) is 24.2 Å². The van der Waals surface area contributed by atoms with Crippen molar-refractivity contribution in [1.29, 1.82) is 5.41 Å². The number of carbonyl (C=O) groups is 1. The fourth-order valence-electron chi connectivity index (χ4n) is 2.02. The summed E-state index contributed by atoms with van der Waals surface area (Å²) in [6, 6.07) is 9.48. The molecule has 2 aromatic rings. The molecule has 4 N–H and O–H groups in total. The average molecular weight is 387 g/mol. The van der Waals surface area contributed by atoms with E-state index in [-0.39, 0.29) is 11.4 Å². The van der Waals surface area contributed by atoms with E-state index in [1.165, 1.54) is 24.4 Å². The Kier molecular flexibility index (Phi) is 6.80. The zero-order chi connectivity index (χ0) is 20.6. The molecule has 6 nitrogen and oxygen atoms in total. The Morgan fingerprint density at radius 2 is 1.96 bits per heavy atom. The summed E-state index contributed by atoms with van der Waals surface area (Å²) in [6.45, 7) is 0. The summed E-state index contributed by atoms with van der Waals surface area (Å²) >= 11 is 0. The Hall–Kier alpha value is -3.75. The molecule has 0 spiro atoms. The minimum absolute atomic E-state index is 0.00470. The molecule has 144 valence electrons. The first-order valence-corrected chi connectivity index (χ1v) is 7.93. The molecule has 0 amide bonds. The third kappa shape index (κ3) is 5.90. The van der Waals surface area contributed by atoms with Crippen LogP contribution in [-0.2, 0) is 11.0 Å². The Bertz CT molecular complexity index is 934. The van der Waals surface area contributed by atoms with Crippen LogP contribution in [-0.4, -0.2) is 22.2 Å². The molecule has 1 aromatic carbocycles. The number of hydrogen-bond acceptors (Lipinski definition) is 6. The number of pyridine rings is 1. The Balaban J connectivity index is 2.10. The topological polar surface area (TPSA) is 104 Å². The van der Waals surface area contributed by atoms with E-state index in [4.69, 9.17) is 11.1 Å². The predicted octanol–water partition coefficient (Wildman–Crippen LogP) is 3.86. The van der Waals surface area contributed by atoms with E-state index < -0.39 is 23.2 Å². The molecule has 0 unspecified atom stereocenters. The van der Waals surface area contributed by atoms with Gasteiger partial charge >= 0.3 is 6.18 Å². The van der Waals surface area contributed by atoms with Crippen LogP contribution in [0.3, 0.4) is 0 Å². The fourth-order valence-corrected chi connectivity index (χ4v) is 2.02. The minimum Gasteiger partial charge on any atom is -0.405 e. The zero-order valence-corrected chi connectivity index (χ0v) is 14.4. The van der Waals surface area contributed by atoms with Crippen LogP contribution in [0.4, 0.5) is 24.7 Å². The molecule has 9 heteroatoms. The van der Waals surface area contributed by atoms with Crippen LogP contribution in [0.5, 0.6) is 0 Å². The number of carbonyl (C=O) groups excluding carboxylic acids is 1. The molecule has 0 atom stereocenters. The molecule has 0 bridgehead atoms. The van der Waals surface area contributed by atoms with Crippen molar-refractivity contribution in [3.63, 3.8) is 0 Å². The predicted molar refractivity (Wildman–Crippen MR) is 102 cm³/mol. The Morgan fingerprint density at radius 1 is 1.18 bits per heavy atom. The third-order valence-electron chi connectivity index (χ3n) is 3.32. The second-order valence-corrected chi connectivity index (χ2v) is 5.34. The molecular formula is C19H16F3N5O. The summed E-state index contributed by atoms with van der Waals surface area (Å²) in [5.74, 6) is -0.425. The monoisotopic (exact) mass is 387 g/mol. The highest BCUT2D eigenvalue weighted by atomic mass is 19.4. The number of nitrogens with zero attached hydrogens (tertiary/aromatic N) is 2. The number of anilines is 1. The van der Waals surface area contributed by atoms with E-state index >= 15 is 0 Å². The fraction of sp³-hybridized carbons (Fsp3) is 0.0526. The van der Waals surface area contributed by atoms with Gasteiger partial charge in [0.25, 0.3) is 0 Å². The molecule has 28 heavy (non-hydrogen) atoms. The first-order valence-electron chi connectivity index (χ1n) is 7.93. The lowest BCUT2D eigenvalue weighted by atomic mass is 10.1. The van der Waals surface area contributed by atoms with E-state index in [0.29, 0.717) is 5.82 Å². The smallest absolute Gasteiger partial charge is 0.405 e. The summed E-state index contributed by atoms with van der Waals surface area (Å²) in [5, 5.41) is 10.5. The van der Waals surface area contributed by atoms with E-state index in [0.717, 1.165) is 30.6 Å². The molecule has 0 fully saturated rings. The first-order chi connectivity index (χ1) is 13.3. The van der Waals surface area contributed by atoms with Crippen LogP contribution in [0.15, 0.2) is 78.2 Å². The number of ketones is 1. The Morgan fingerprint density at radius 3 is 2.61 bits per heavy atom. The molecule has 2 rings (SSSR count). The van der Waals surface area contributed by atoms with Gasteiger partial charge in [-0.3, -0.25) is 10.2 Å². The molecule has 0 aliphatic heterocycles. The van der Waals surface area contributed by atoms with Crippen LogP contribution < -0.4 is 11.1 Å². The van der Waals surface area contributed by atoms with Crippen LogP contribution in [0, 0.1) is 5.41 Å². The number of allylic oxidation sites excluding steroid dienone is 2. The maximum Gasteiger partial charge on any atom is 0.416 e. The van der Waals surface area contributed by atoms with Crippen molar-refractivity contribution in [3.05, 3.63) is 78.8 Å². The second kappa shape index (κ2) is 9.26. The molecule has 0 saturated carbocycles. The van der Waals surface area contributed by atoms with Crippen molar-refractivity contribution in [2.24, 2.45) is 10.7 Å². The molecule has 1 heterocycles. The Labute approximate surface area is 158 Å². The van der Waals surface area contributed by atoms with E-state index in [1.807, 2.05) is 0 Å². The minimum atomic E-state index is -4.47.